The van der Waals surface area contributed by atoms with Crippen molar-refractivity contribution in [3.63, 3.8) is 0 Å². The molecule has 3 heterocycles. The van der Waals surface area contributed by atoms with E-state index in [0.29, 0.717) is 0 Å². The lowest BCUT2D eigenvalue weighted by Gasteiger charge is -2.13. The predicted octanol–water partition coefficient (Wildman–Crippen LogP) is 13.9. The van der Waals surface area contributed by atoms with Gasteiger partial charge in [0.25, 0.3) is 0 Å². The van der Waals surface area contributed by atoms with Crippen LogP contribution in [-0.2, 0) is 0 Å². The molecule has 0 radical (unpaired) electrons. The smallest absolute Gasteiger partial charge is 0.0730 e. The first-order chi connectivity index (χ1) is 27.8. The molecule has 0 saturated heterocycles. The first kappa shape index (κ1) is 32.0. The minimum atomic E-state index is 0.948. The molecular weight excluding hydrogens is 679 g/mol. The van der Waals surface area contributed by atoms with Crippen molar-refractivity contribution in [2.45, 2.75) is 0 Å². The van der Waals surface area contributed by atoms with E-state index in [2.05, 4.69) is 221 Å². The molecule has 0 N–H and O–H groups in total. The van der Waals surface area contributed by atoms with Gasteiger partial charge in [0.05, 0.1) is 39.1 Å². The summed E-state index contributed by atoms with van der Waals surface area (Å²) in [4.78, 5) is 5.17. The molecule has 0 atom stereocenters. The van der Waals surface area contributed by atoms with Gasteiger partial charge in [-0.05, 0) is 82.9 Å². The first-order valence-electron chi connectivity index (χ1n) is 19.1. The predicted molar refractivity (Wildman–Crippen MR) is 235 cm³/mol. The lowest BCUT2D eigenvalue weighted by atomic mass is 10.0. The molecule has 11 aromatic rings. The van der Waals surface area contributed by atoms with Crippen molar-refractivity contribution in [1.82, 2.24) is 14.1 Å². The topological polar surface area (TPSA) is 22.8 Å². The zero-order valence-electron chi connectivity index (χ0n) is 30.5. The van der Waals surface area contributed by atoms with Gasteiger partial charge in [-0.3, -0.25) is 0 Å². The third kappa shape index (κ3) is 5.32. The van der Waals surface area contributed by atoms with Crippen molar-refractivity contribution >= 4 is 43.6 Å². The Bertz CT molecular complexity index is 3150. The van der Waals surface area contributed by atoms with Gasteiger partial charge >= 0.3 is 0 Å². The minimum Gasteiger partial charge on any atom is -0.309 e. The molecule has 0 fully saturated rings. The summed E-state index contributed by atoms with van der Waals surface area (Å²) in [6.45, 7) is 0. The molecule has 262 valence electrons. The molecule has 0 aliphatic heterocycles. The van der Waals surface area contributed by atoms with Gasteiger partial charge in [0.15, 0.2) is 0 Å². The maximum absolute atomic E-state index is 5.17. The summed E-state index contributed by atoms with van der Waals surface area (Å²) in [5.74, 6) is 0. The number of benzene rings is 8. The van der Waals surface area contributed by atoms with Gasteiger partial charge in [-0.1, -0.05) is 152 Å². The van der Waals surface area contributed by atoms with Gasteiger partial charge in [0, 0.05) is 38.4 Å². The summed E-state index contributed by atoms with van der Waals surface area (Å²) in [5.41, 5.74) is 15.9. The molecule has 0 aliphatic rings. The van der Waals surface area contributed by atoms with Crippen molar-refractivity contribution in [2.24, 2.45) is 0 Å². The standard InChI is InChI=1S/C53H35N3/c1-4-14-36(15-5-1)37-24-28-42(29-25-37)55-50-22-12-10-20-44(50)46-32-40(26-30-52(46)55)41-27-31-53-47(33-41)45-21-11-13-23-51(45)56(53)43-34-48(38-16-6-2-7-17-38)54-49(35-43)39-18-8-3-9-19-39/h1-35H. The Morgan fingerprint density at radius 1 is 0.250 bits per heavy atom. The quantitative estimate of drug-likeness (QED) is 0.168. The average Bonchev–Trinajstić information content (AvgIpc) is 3.79. The highest BCUT2D eigenvalue weighted by atomic mass is 15.0. The Morgan fingerprint density at radius 2 is 0.625 bits per heavy atom. The summed E-state index contributed by atoms with van der Waals surface area (Å²) < 4.78 is 4.79. The van der Waals surface area contributed by atoms with Crippen molar-refractivity contribution in [1.29, 1.82) is 0 Å². The van der Waals surface area contributed by atoms with Crippen LogP contribution in [0.2, 0.25) is 0 Å². The van der Waals surface area contributed by atoms with Gasteiger partial charge in [-0.15, -0.1) is 0 Å². The molecule has 0 amide bonds. The normalized spacial score (nSPS) is 11.6. The van der Waals surface area contributed by atoms with Gasteiger partial charge in [0.1, 0.15) is 0 Å². The molecule has 56 heavy (non-hydrogen) atoms. The molecule has 3 nitrogen and oxygen atoms in total. The monoisotopic (exact) mass is 713 g/mol. The van der Waals surface area contributed by atoms with Gasteiger partial charge in [0.2, 0.25) is 0 Å². The van der Waals surface area contributed by atoms with Crippen LogP contribution in [-0.4, -0.2) is 14.1 Å². The molecule has 8 aromatic carbocycles. The molecule has 0 unspecified atom stereocenters. The van der Waals surface area contributed by atoms with E-state index in [4.69, 9.17) is 4.98 Å². The van der Waals surface area contributed by atoms with Crippen molar-refractivity contribution in [3.05, 3.63) is 212 Å². The molecule has 0 aliphatic carbocycles. The zero-order valence-corrected chi connectivity index (χ0v) is 30.5. The molecule has 11 rings (SSSR count). The SMILES string of the molecule is c1ccc(-c2ccc(-n3c4ccccc4c4cc(-c5ccc6c(c5)c5ccccc5n6-c5cc(-c6ccccc6)nc(-c6ccccc6)c5)ccc43)cc2)cc1. The lowest BCUT2D eigenvalue weighted by molar-refractivity contribution is 1.16. The van der Waals surface area contributed by atoms with Crippen molar-refractivity contribution in [3.8, 4) is 56.1 Å². The fourth-order valence-corrected chi connectivity index (χ4v) is 8.45. The maximum atomic E-state index is 5.17. The van der Waals surface area contributed by atoms with E-state index in [1.54, 1.807) is 0 Å². The van der Waals surface area contributed by atoms with Crippen molar-refractivity contribution < 1.29 is 0 Å². The third-order valence-corrected chi connectivity index (χ3v) is 11.1. The molecule has 3 heteroatoms. The van der Waals surface area contributed by atoms with Crippen molar-refractivity contribution in [2.75, 3.05) is 0 Å². The van der Waals surface area contributed by atoms with Crippen LogP contribution >= 0.6 is 0 Å². The Labute approximate surface area is 325 Å². The number of aromatic nitrogens is 3. The fourth-order valence-electron chi connectivity index (χ4n) is 8.45. The van der Waals surface area contributed by atoms with Crippen LogP contribution in [0.4, 0.5) is 0 Å². The Morgan fingerprint density at radius 3 is 1.12 bits per heavy atom. The van der Waals surface area contributed by atoms with Gasteiger partial charge in [-0.2, -0.15) is 0 Å². The van der Waals surface area contributed by atoms with E-state index >= 15 is 0 Å². The summed E-state index contributed by atoms with van der Waals surface area (Å²) in [6, 6.07) is 76.2. The number of pyridine rings is 1. The second-order valence-electron chi connectivity index (χ2n) is 14.4. The highest BCUT2D eigenvalue weighted by Crippen LogP contribution is 2.39. The molecule has 0 saturated carbocycles. The average molecular weight is 714 g/mol. The van der Waals surface area contributed by atoms with Crippen LogP contribution in [0.5, 0.6) is 0 Å². The molecule has 0 spiro atoms. The molecule has 3 aromatic heterocycles. The molecular formula is C53H35N3. The number of hydrogen-bond donors (Lipinski definition) is 0. The minimum absolute atomic E-state index is 0.948. The maximum Gasteiger partial charge on any atom is 0.0730 e. The van der Waals surface area contributed by atoms with Crippen LogP contribution in [0.15, 0.2) is 212 Å². The van der Waals surface area contributed by atoms with E-state index in [-0.39, 0.29) is 0 Å². The second-order valence-corrected chi connectivity index (χ2v) is 14.4. The Kier molecular flexibility index (Phi) is 7.49. The Hall–Kier alpha value is -7.49. The second kappa shape index (κ2) is 13.1. The van der Waals surface area contributed by atoms with Gasteiger partial charge < -0.3 is 9.13 Å². The van der Waals surface area contributed by atoms with E-state index < -0.39 is 0 Å². The number of hydrogen-bond acceptors (Lipinski definition) is 1. The van der Waals surface area contributed by atoms with Gasteiger partial charge in [-0.25, -0.2) is 4.98 Å². The fraction of sp³-hybridized carbons (Fsp3) is 0. The third-order valence-electron chi connectivity index (χ3n) is 11.1. The Balaban J connectivity index is 1.06. The summed E-state index contributed by atoms with van der Waals surface area (Å²) in [5, 5.41) is 4.93. The summed E-state index contributed by atoms with van der Waals surface area (Å²) >= 11 is 0. The van der Waals surface area contributed by atoms with Crippen LogP contribution in [0.25, 0.3) is 99.8 Å². The number of para-hydroxylation sites is 2. The van der Waals surface area contributed by atoms with Crippen LogP contribution in [0.1, 0.15) is 0 Å². The zero-order chi connectivity index (χ0) is 37.0. The number of fused-ring (bicyclic) bond motifs is 6. The van der Waals surface area contributed by atoms with Crippen LogP contribution < -0.4 is 0 Å². The summed E-state index contributed by atoms with van der Waals surface area (Å²) in [7, 11) is 0. The van der Waals surface area contributed by atoms with E-state index in [1.807, 2.05) is 0 Å². The number of rotatable bonds is 6. The van der Waals surface area contributed by atoms with E-state index in [1.165, 1.54) is 60.3 Å². The lowest BCUT2D eigenvalue weighted by Crippen LogP contribution is -1.98. The largest absolute Gasteiger partial charge is 0.309 e. The van der Waals surface area contributed by atoms with E-state index in [9.17, 15) is 0 Å². The highest BCUT2D eigenvalue weighted by molar-refractivity contribution is 6.12. The summed E-state index contributed by atoms with van der Waals surface area (Å²) in [6.07, 6.45) is 0. The van der Waals surface area contributed by atoms with E-state index in [0.717, 1.165) is 39.4 Å². The number of nitrogens with zero attached hydrogens (tertiary/aromatic N) is 3. The van der Waals surface area contributed by atoms with Crippen LogP contribution in [0.3, 0.4) is 0 Å². The van der Waals surface area contributed by atoms with Crippen LogP contribution in [0, 0.1) is 0 Å². The highest BCUT2D eigenvalue weighted by Gasteiger charge is 2.18. The first-order valence-corrected chi connectivity index (χ1v) is 19.1. The molecule has 0 bridgehead atoms.